The summed E-state index contributed by atoms with van der Waals surface area (Å²) in [4.78, 5) is 13.6. The van der Waals surface area contributed by atoms with Gasteiger partial charge in [0.05, 0.1) is 19.9 Å². The fraction of sp³-hybridized carbons (Fsp3) is 0.227. The van der Waals surface area contributed by atoms with Gasteiger partial charge in [0.1, 0.15) is 0 Å². The molecule has 0 radical (unpaired) electrons. The Morgan fingerprint density at radius 2 is 1.78 bits per heavy atom. The minimum absolute atomic E-state index is 0.0118. The summed E-state index contributed by atoms with van der Waals surface area (Å²) in [6.45, 7) is 2.07. The number of amides is 1. The number of benzene rings is 2. The van der Waals surface area contributed by atoms with Crippen molar-refractivity contribution in [1.82, 2.24) is 0 Å². The fourth-order valence-corrected chi connectivity index (χ4v) is 4.67. The van der Waals surface area contributed by atoms with Gasteiger partial charge in [-0.3, -0.25) is 4.79 Å². The Hall–Kier alpha value is -2.79. The van der Waals surface area contributed by atoms with Crippen LogP contribution < -0.4 is 14.8 Å². The Morgan fingerprint density at radius 1 is 1.04 bits per heavy atom. The number of ether oxygens (including phenoxy) is 2. The summed E-state index contributed by atoms with van der Waals surface area (Å²) >= 11 is 1.69. The minimum Gasteiger partial charge on any atom is -0.493 e. The van der Waals surface area contributed by atoms with Crippen molar-refractivity contribution < 1.29 is 14.3 Å². The maximum atomic E-state index is 12.5. The normalized spacial score (nSPS) is 15.8. The van der Waals surface area contributed by atoms with Gasteiger partial charge in [-0.1, -0.05) is 35.9 Å². The summed E-state index contributed by atoms with van der Waals surface area (Å²) in [5.74, 6) is 1.41. The molecule has 2 heterocycles. The van der Waals surface area contributed by atoms with Gasteiger partial charge in [-0.15, -0.1) is 11.3 Å². The van der Waals surface area contributed by atoms with Crippen molar-refractivity contribution in [2.24, 2.45) is 0 Å². The molecular formula is C22H21NO3S. The number of methoxy groups -OCH3 is 2. The van der Waals surface area contributed by atoms with Crippen LogP contribution in [-0.2, 0) is 4.79 Å². The molecule has 4 nitrogen and oxygen atoms in total. The van der Waals surface area contributed by atoms with Crippen molar-refractivity contribution >= 4 is 22.9 Å². The monoisotopic (exact) mass is 379 g/mol. The van der Waals surface area contributed by atoms with Crippen molar-refractivity contribution in [3.63, 3.8) is 0 Å². The second-order valence-electron chi connectivity index (χ2n) is 6.67. The lowest BCUT2D eigenvalue weighted by Gasteiger charge is -2.24. The van der Waals surface area contributed by atoms with Crippen LogP contribution in [0.15, 0.2) is 47.8 Å². The van der Waals surface area contributed by atoms with Crippen LogP contribution in [-0.4, -0.2) is 20.1 Å². The highest BCUT2D eigenvalue weighted by Crippen LogP contribution is 2.47. The molecule has 0 bridgehead atoms. The minimum atomic E-state index is 0.0118. The van der Waals surface area contributed by atoms with Crippen molar-refractivity contribution in [3.8, 4) is 22.6 Å². The Balaban J connectivity index is 1.78. The van der Waals surface area contributed by atoms with Crippen LogP contribution in [0, 0.1) is 6.92 Å². The predicted octanol–water partition coefficient (Wildman–Crippen LogP) is 5.21. The highest BCUT2D eigenvalue weighted by atomic mass is 32.1. The summed E-state index contributed by atoms with van der Waals surface area (Å²) in [7, 11) is 3.25. The molecule has 1 N–H and O–H groups in total. The third-order valence-electron chi connectivity index (χ3n) is 4.96. The summed E-state index contributed by atoms with van der Waals surface area (Å²) in [6, 6.07) is 14.3. The molecule has 0 aliphatic carbocycles. The third-order valence-corrected chi connectivity index (χ3v) is 6.06. The molecule has 3 aromatic rings. The van der Waals surface area contributed by atoms with E-state index in [4.69, 9.17) is 9.47 Å². The van der Waals surface area contributed by atoms with Gasteiger partial charge in [-0.05, 0) is 30.2 Å². The van der Waals surface area contributed by atoms with Crippen molar-refractivity contribution in [2.45, 2.75) is 19.3 Å². The van der Waals surface area contributed by atoms with E-state index in [9.17, 15) is 4.79 Å². The van der Waals surface area contributed by atoms with Gasteiger partial charge in [-0.2, -0.15) is 0 Å². The fourth-order valence-electron chi connectivity index (χ4n) is 3.51. The standard InChI is InChI=1S/C22H21NO3S/c1-13-4-6-14(7-5-13)17-12-27-22-16(11-20(24)23-21(17)22)15-8-9-18(25-2)19(10-15)26-3/h4-10,12,16H,11H2,1-3H3,(H,23,24)/t16-/m0/s1. The van der Waals surface area contributed by atoms with Gasteiger partial charge < -0.3 is 14.8 Å². The Morgan fingerprint density at radius 3 is 2.48 bits per heavy atom. The number of anilines is 1. The molecular weight excluding hydrogens is 358 g/mol. The van der Waals surface area contributed by atoms with Gasteiger partial charge in [0.2, 0.25) is 5.91 Å². The Kier molecular flexibility index (Phi) is 4.62. The van der Waals surface area contributed by atoms with E-state index in [2.05, 4.69) is 41.9 Å². The lowest BCUT2D eigenvalue weighted by atomic mass is 9.89. The van der Waals surface area contributed by atoms with Crippen molar-refractivity contribution in [3.05, 3.63) is 63.8 Å². The SMILES string of the molecule is COc1ccc([C@@H]2CC(=O)Nc3c(-c4ccc(C)cc4)csc32)cc1OC. The van der Waals surface area contributed by atoms with Gasteiger partial charge in [0.15, 0.2) is 11.5 Å². The average molecular weight is 379 g/mol. The van der Waals surface area contributed by atoms with E-state index in [1.807, 2.05) is 18.2 Å². The Labute approximate surface area is 162 Å². The van der Waals surface area contributed by atoms with Crippen LogP contribution in [0.2, 0.25) is 0 Å². The topological polar surface area (TPSA) is 47.6 Å². The quantitative estimate of drug-likeness (QED) is 0.676. The summed E-state index contributed by atoms with van der Waals surface area (Å²) in [5.41, 5.74) is 5.40. The molecule has 4 rings (SSSR count). The van der Waals surface area contributed by atoms with E-state index in [-0.39, 0.29) is 11.8 Å². The molecule has 1 amide bonds. The molecule has 1 aliphatic heterocycles. The van der Waals surface area contributed by atoms with Gasteiger partial charge in [0.25, 0.3) is 0 Å². The molecule has 0 saturated carbocycles. The molecule has 1 aromatic heterocycles. The predicted molar refractivity (Wildman–Crippen MR) is 109 cm³/mol. The number of carbonyl (C=O) groups excluding carboxylic acids is 1. The molecule has 0 unspecified atom stereocenters. The number of thiophene rings is 1. The molecule has 0 saturated heterocycles. The van der Waals surface area contributed by atoms with E-state index in [1.54, 1.807) is 25.6 Å². The van der Waals surface area contributed by atoms with E-state index >= 15 is 0 Å². The van der Waals surface area contributed by atoms with E-state index in [0.717, 1.165) is 22.4 Å². The average Bonchev–Trinajstić information content (AvgIpc) is 3.11. The molecule has 2 aromatic carbocycles. The van der Waals surface area contributed by atoms with Crippen LogP contribution in [0.5, 0.6) is 11.5 Å². The first kappa shape index (κ1) is 17.6. The summed E-state index contributed by atoms with van der Waals surface area (Å²) in [5, 5.41) is 5.22. The number of fused-ring (bicyclic) bond motifs is 1. The van der Waals surface area contributed by atoms with Crippen molar-refractivity contribution in [2.75, 3.05) is 19.5 Å². The zero-order chi connectivity index (χ0) is 19.0. The maximum Gasteiger partial charge on any atom is 0.225 e. The molecule has 27 heavy (non-hydrogen) atoms. The molecule has 1 atom stereocenters. The van der Waals surface area contributed by atoms with Crippen molar-refractivity contribution in [1.29, 1.82) is 0 Å². The first-order chi connectivity index (χ1) is 13.1. The zero-order valence-electron chi connectivity index (χ0n) is 15.5. The number of hydrogen-bond donors (Lipinski definition) is 1. The third kappa shape index (κ3) is 3.19. The number of carbonyl (C=O) groups is 1. The smallest absolute Gasteiger partial charge is 0.225 e. The second-order valence-corrected chi connectivity index (χ2v) is 7.59. The molecule has 138 valence electrons. The van der Waals surface area contributed by atoms with E-state index in [1.165, 1.54) is 10.4 Å². The molecule has 0 spiro atoms. The first-order valence-corrected chi connectivity index (χ1v) is 9.69. The zero-order valence-corrected chi connectivity index (χ0v) is 16.4. The highest BCUT2D eigenvalue weighted by Gasteiger charge is 2.31. The van der Waals surface area contributed by atoms with E-state index in [0.29, 0.717) is 17.9 Å². The number of hydrogen-bond acceptors (Lipinski definition) is 4. The highest BCUT2D eigenvalue weighted by molar-refractivity contribution is 7.11. The van der Waals surface area contributed by atoms with Gasteiger partial charge >= 0.3 is 0 Å². The van der Waals surface area contributed by atoms with Crippen LogP contribution in [0.4, 0.5) is 5.69 Å². The van der Waals surface area contributed by atoms with Crippen LogP contribution in [0.3, 0.4) is 0 Å². The number of aryl methyl sites for hydroxylation is 1. The summed E-state index contributed by atoms with van der Waals surface area (Å²) in [6.07, 6.45) is 0.427. The van der Waals surface area contributed by atoms with E-state index < -0.39 is 0 Å². The molecule has 1 aliphatic rings. The van der Waals surface area contributed by atoms with Gasteiger partial charge in [-0.25, -0.2) is 0 Å². The maximum absolute atomic E-state index is 12.5. The van der Waals surface area contributed by atoms with Crippen LogP contribution in [0.1, 0.15) is 28.3 Å². The van der Waals surface area contributed by atoms with Crippen LogP contribution >= 0.6 is 11.3 Å². The molecule has 5 heteroatoms. The summed E-state index contributed by atoms with van der Waals surface area (Å²) < 4.78 is 10.8. The number of rotatable bonds is 4. The first-order valence-electron chi connectivity index (χ1n) is 8.81. The second kappa shape index (κ2) is 7.08. The Bertz CT molecular complexity index is 991. The van der Waals surface area contributed by atoms with Gasteiger partial charge in [0, 0.05) is 28.2 Å². The molecule has 0 fully saturated rings. The van der Waals surface area contributed by atoms with Crippen LogP contribution in [0.25, 0.3) is 11.1 Å². The largest absolute Gasteiger partial charge is 0.493 e. The number of nitrogens with one attached hydrogen (secondary N) is 1. The lowest BCUT2D eigenvalue weighted by molar-refractivity contribution is -0.116. The lowest BCUT2D eigenvalue weighted by Crippen LogP contribution is -2.22.